The predicted octanol–water partition coefficient (Wildman–Crippen LogP) is 4.72. The highest BCUT2D eigenvalue weighted by Crippen LogP contribution is 2.39. The van der Waals surface area contributed by atoms with Crippen LogP contribution in [0.25, 0.3) is 0 Å². The van der Waals surface area contributed by atoms with E-state index in [1.807, 2.05) is 17.5 Å². The number of halogens is 2. The topological polar surface area (TPSA) is 49.4 Å². The van der Waals surface area contributed by atoms with Crippen LogP contribution in [0.4, 0.5) is 10.1 Å². The summed E-state index contributed by atoms with van der Waals surface area (Å²) in [4.78, 5) is 28.0. The van der Waals surface area contributed by atoms with Gasteiger partial charge in [0.1, 0.15) is 12.4 Å². The normalized spacial score (nSPS) is 16.4. The quantitative estimate of drug-likeness (QED) is 0.676. The molecule has 0 fully saturated rings. The number of rotatable bonds is 2. The first-order valence-electron chi connectivity index (χ1n) is 8.23. The van der Waals surface area contributed by atoms with Crippen molar-refractivity contribution in [2.45, 2.75) is 6.04 Å². The van der Waals surface area contributed by atoms with Crippen molar-refractivity contribution in [3.8, 4) is 0 Å². The van der Waals surface area contributed by atoms with Crippen molar-refractivity contribution in [3.63, 3.8) is 0 Å². The van der Waals surface area contributed by atoms with Crippen LogP contribution in [0.5, 0.6) is 0 Å². The van der Waals surface area contributed by atoms with Crippen molar-refractivity contribution in [1.29, 1.82) is 0 Å². The van der Waals surface area contributed by atoms with Gasteiger partial charge in [-0.15, -0.1) is 11.3 Å². The molecular weight excluding hydrogens is 387 g/mol. The van der Waals surface area contributed by atoms with Crippen LogP contribution in [-0.2, 0) is 4.79 Å². The summed E-state index contributed by atoms with van der Waals surface area (Å²) in [6.45, 7) is -0.164. The molecule has 1 aliphatic rings. The second-order valence-corrected chi connectivity index (χ2v) is 7.50. The molecule has 7 heteroatoms. The first-order chi connectivity index (χ1) is 13.0. The molecule has 0 radical (unpaired) electrons. The summed E-state index contributed by atoms with van der Waals surface area (Å²) >= 11 is 7.65. The molecule has 1 aromatic heterocycles. The highest BCUT2D eigenvalue weighted by atomic mass is 35.5. The number of carbonyl (C=O) groups excluding carboxylic acids is 2. The SMILES string of the molecule is O=C1CN(C(=O)c2ccccc2Cl)C(c2cccs2)c2cc(F)ccc2N1. The van der Waals surface area contributed by atoms with Crippen LogP contribution in [0.15, 0.2) is 60.0 Å². The lowest BCUT2D eigenvalue weighted by Gasteiger charge is -2.29. The maximum absolute atomic E-state index is 14.0. The zero-order valence-corrected chi connectivity index (χ0v) is 15.6. The van der Waals surface area contributed by atoms with Crippen LogP contribution in [0.1, 0.15) is 26.8 Å². The Kier molecular flexibility index (Phi) is 4.68. The number of amides is 2. The van der Waals surface area contributed by atoms with Gasteiger partial charge in [-0.3, -0.25) is 9.59 Å². The maximum Gasteiger partial charge on any atom is 0.256 e. The molecule has 0 saturated heterocycles. The molecule has 1 N–H and O–H groups in total. The lowest BCUT2D eigenvalue weighted by molar-refractivity contribution is -0.117. The number of fused-ring (bicyclic) bond motifs is 1. The van der Waals surface area contributed by atoms with E-state index in [-0.39, 0.29) is 18.4 Å². The van der Waals surface area contributed by atoms with Gasteiger partial charge in [0, 0.05) is 16.1 Å². The average molecular weight is 401 g/mol. The smallest absolute Gasteiger partial charge is 0.256 e. The van der Waals surface area contributed by atoms with Gasteiger partial charge >= 0.3 is 0 Å². The molecule has 3 aromatic rings. The molecular formula is C20H14ClFN2O2S. The van der Waals surface area contributed by atoms with E-state index in [4.69, 9.17) is 11.6 Å². The van der Waals surface area contributed by atoms with Gasteiger partial charge in [-0.25, -0.2) is 4.39 Å². The molecule has 2 amide bonds. The number of nitrogens with zero attached hydrogens (tertiary/aromatic N) is 1. The minimum atomic E-state index is -0.599. The van der Waals surface area contributed by atoms with Crippen LogP contribution in [0.3, 0.4) is 0 Å². The largest absolute Gasteiger partial charge is 0.324 e. The minimum Gasteiger partial charge on any atom is -0.324 e. The second-order valence-electron chi connectivity index (χ2n) is 6.11. The summed E-state index contributed by atoms with van der Waals surface area (Å²) in [6, 6.07) is 14.0. The van der Waals surface area contributed by atoms with Crippen LogP contribution < -0.4 is 5.32 Å². The number of benzene rings is 2. The van der Waals surface area contributed by atoms with Crippen LogP contribution in [0.2, 0.25) is 5.02 Å². The number of hydrogen-bond acceptors (Lipinski definition) is 3. The number of hydrogen-bond donors (Lipinski definition) is 1. The Balaban J connectivity index is 1.89. The van der Waals surface area contributed by atoms with Gasteiger partial charge in [-0.05, 0) is 41.8 Å². The van der Waals surface area contributed by atoms with Crippen molar-refractivity contribution in [3.05, 3.63) is 86.8 Å². The number of carbonyl (C=O) groups is 2. The predicted molar refractivity (Wildman–Crippen MR) is 104 cm³/mol. The van der Waals surface area contributed by atoms with Gasteiger partial charge in [-0.1, -0.05) is 29.8 Å². The highest BCUT2D eigenvalue weighted by molar-refractivity contribution is 7.10. The molecule has 1 atom stereocenters. The fraction of sp³-hybridized carbons (Fsp3) is 0.100. The zero-order valence-electron chi connectivity index (χ0n) is 14.0. The Hall–Kier alpha value is -2.70. The van der Waals surface area contributed by atoms with E-state index in [1.165, 1.54) is 34.4 Å². The maximum atomic E-state index is 14.0. The lowest BCUT2D eigenvalue weighted by atomic mass is 10.0. The number of anilines is 1. The monoisotopic (exact) mass is 400 g/mol. The standard InChI is InChI=1S/C20H14ClFN2O2S/c21-15-5-2-1-4-13(15)20(26)24-11-18(25)23-16-8-7-12(22)10-14(16)19(24)17-6-3-9-27-17/h1-10,19H,11H2,(H,23,25). The summed E-state index contributed by atoms with van der Waals surface area (Å²) < 4.78 is 14.0. The molecule has 0 spiro atoms. The van der Waals surface area contributed by atoms with E-state index in [2.05, 4.69) is 5.32 Å². The van der Waals surface area contributed by atoms with E-state index in [0.717, 1.165) is 4.88 Å². The summed E-state index contributed by atoms with van der Waals surface area (Å²) in [5.41, 5.74) is 1.33. The Morgan fingerprint density at radius 3 is 2.74 bits per heavy atom. The van der Waals surface area contributed by atoms with E-state index >= 15 is 0 Å². The molecule has 4 nitrogen and oxygen atoms in total. The van der Waals surface area contributed by atoms with Crippen LogP contribution in [-0.4, -0.2) is 23.3 Å². The molecule has 2 heterocycles. The molecule has 136 valence electrons. The summed E-state index contributed by atoms with van der Waals surface area (Å²) in [7, 11) is 0. The van der Waals surface area contributed by atoms with E-state index in [1.54, 1.807) is 24.3 Å². The number of nitrogens with one attached hydrogen (secondary N) is 1. The van der Waals surface area contributed by atoms with E-state index < -0.39 is 11.9 Å². The zero-order chi connectivity index (χ0) is 19.0. The van der Waals surface area contributed by atoms with Gasteiger partial charge in [0.25, 0.3) is 5.91 Å². The van der Waals surface area contributed by atoms with Gasteiger partial charge < -0.3 is 10.2 Å². The van der Waals surface area contributed by atoms with Gasteiger partial charge in [0.05, 0.1) is 16.6 Å². The molecule has 1 aliphatic heterocycles. The fourth-order valence-electron chi connectivity index (χ4n) is 3.21. The molecule has 0 saturated carbocycles. The Labute approximate surface area is 164 Å². The van der Waals surface area contributed by atoms with E-state index in [0.29, 0.717) is 21.8 Å². The van der Waals surface area contributed by atoms with Crippen molar-refractivity contribution >= 4 is 40.4 Å². The molecule has 27 heavy (non-hydrogen) atoms. The Bertz CT molecular complexity index is 1020. The molecule has 4 rings (SSSR count). The van der Waals surface area contributed by atoms with E-state index in [9.17, 15) is 14.0 Å². The second kappa shape index (κ2) is 7.13. The van der Waals surface area contributed by atoms with Crippen molar-refractivity contribution in [1.82, 2.24) is 4.90 Å². The Morgan fingerprint density at radius 2 is 2.00 bits per heavy atom. The first kappa shape index (κ1) is 17.7. The van der Waals surface area contributed by atoms with Gasteiger partial charge in [-0.2, -0.15) is 0 Å². The highest BCUT2D eigenvalue weighted by Gasteiger charge is 2.35. The van der Waals surface area contributed by atoms with Crippen LogP contribution in [0, 0.1) is 5.82 Å². The first-order valence-corrected chi connectivity index (χ1v) is 9.48. The Morgan fingerprint density at radius 1 is 1.19 bits per heavy atom. The van der Waals surface area contributed by atoms with Gasteiger partial charge in [0.2, 0.25) is 5.91 Å². The molecule has 1 unspecified atom stereocenters. The summed E-state index contributed by atoms with van der Waals surface area (Å²) in [6.07, 6.45) is 0. The van der Waals surface area contributed by atoms with Crippen molar-refractivity contribution in [2.75, 3.05) is 11.9 Å². The van der Waals surface area contributed by atoms with Gasteiger partial charge in [0.15, 0.2) is 0 Å². The van der Waals surface area contributed by atoms with Crippen LogP contribution >= 0.6 is 22.9 Å². The number of thiophene rings is 1. The average Bonchev–Trinajstić information content (AvgIpc) is 3.13. The third-order valence-electron chi connectivity index (χ3n) is 4.39. The molecule has 2 aromatic carbocycles. The summed E-state index contributed by atoms with van der Waals surface area (Å²) in [5.74, 6) is -1.16. The minimum absolute atomic E-state index is 0.164. The molecule has 0 bridgehead atoms. The third-order valence-corrected chi connectivity index (χ3v) is 5.64. The van der Waals surface area contributed by atoms with Crippen molar-refractivity contribution < 1.29 is 14.0 Å². The third kappa shape index (κ3) is 3.34. The summed E-state index contributed by atoms with van der Waals surface area (Å²) in [5, 5.41) is 4.95. The lowest BCUT2D eigenvalue weighted by Crippen LogP contribution is -2.38. The fourth-order valence-corrected chi connectivity index (χ4v) is 4.28. The van der Waals surface area contributed by atoms with Crippen molar-refractivity contribution in [2.24, 2.45) is 0 Å². The molecule has 0 aliphatic carbocycles.